The van der Waals surface area contributed by atoms with Gasteiger partial charge in [-0.25, -0.2) is 0 Å². The van der Waals surface area contributed by atoms with E-state index in [0.29, 0.717) is 23.6 Å². The first-order chi connectivity index (χ1) is 10.1. The first-order valence-corrected chi connectivity index (χ1v) is 6.95. The van der Waals surface area contributed by atoms with E-state index in [1.54, 1.807) is 24.3 Å². The summed E-state index contributed by atoms with van der Waals surface area (Å²) in [6, 6.07) is 12.4. The summed E-state index contributed by atoms with van der Waals surface area (Å²) >= 11 is 5.79. The molecule has 0 saturated carbocycles. The standard InChI is InChI=1S/C16H13ClN2O2/c17-13-4-2-11(3-5-13)16(21)18-9-10-1-6-14-12(7-10)8-15(20)19-14/h1-7H,8-9H2,(H,18,21)(H,19,20). The van der Waals surface area contributed by atoms with Gasteiger partial charge in [0.1, 0.15) is 0 Å². The van der Waals surface area contributed by atoms with Gasteiger partial charge in [-0.15, -0.1) is 0 Å². The Kier molecular flexibility index (Phi) is 3.62. The number of rotatable bonds is 3. The molecule has 0 radical (unpaired) electrons. The molecule has 106 valence electrons. The number of carbonyl (C=O) groups excluding carboxylic acids is 2. The third kappa shape index (κ3) is 3.06. The van der Waals surface area contributed by atoms with Gasteiger partial charge in [0.15, 0.2) is 0 Å². The summed E-state index contributed by atoms with van der Waals surface area (Å²) in [4.78, 5) is 23.3. The second-order valence-corrected chi connectivity index (χ2v) is 5.34. The highest BCUT2D eigenvalue weighted by atomic mass is 35.5. The molecule has 0 fully saturated rings. The van der Waals surface area contributed by atoms with Crippen LogP contribution >= 0.6 is 11.6 Å². The molecule has 3 rings (SSSR count). The van der Waals surface area contributed by atoms with Gasteiger partial charge in [0.2, 0.25) is 5.91 Å². The minimum Gasteiger partial charge on any atom is -0.348 e. The van der Waals surface area contributed by atoms with Crippen LogP contribution in [0.15, 0.2) is 42.5 Å². The predicted molar refractivity (Wildman–Crippen MR) is 81.4 cm³/mol. The van der Waals surface area contributed by atoms with Crippen LogP contribution in [0.2, 0.25) is 5.02 Å². The van der Waals surface area contributed by atoms with Gasteiger partial charge in [0.25, 0.3) is 5.91 Å². The summed E-state index contributed by atoms with van der Waals surface area (Å²) in [7, 11) is 0. The van der Waals surface area contributed by atoms with E-state index in [9.17, 15) is 9.59 Å². The Morgan fingerprint density at radius 3 is 2.71 bits per heavy atom. The molecule has 2 aromatic carbocycles. The zero-order valence-corrected chi connectivity index (χ0v) is 11.9. The highest BCUT2D eigenvalue weighted by Gasteiger charge is 2.17. The maximum Gasteiger partial charge on any atom is 0.251 e. The summed E-state index contributed by atoms with van der Waals surface area (Å²) in [6.07, 6.45) is 0.397. The van der Waals surface area contributed by atoms with Gasteiger partial charge in [-0.05, 0) is 41.5 Å². The number of anilines is 1. The van der Waals surface area contributed by atoms with Gasteiger partial charge in [0.05, 0.1) is 6.42 Å². The van der Waals surface area contributed by atoms with Crippen molar-refractivity contribution in [1.82, 2.24) is 5.32 Å². The lowest BCUT2D eigenvalue weighted by molar-refractivity contribution is -0.115. The second-order valence-electron chi connectivity index (χ2n) is 4.91. The summed E-state index contributed by atoms with van der Waals surface area (Å²) < 4.78 is 0. The normalized spacial score (nSPS) is 12.7. The first kappa shape index (κ1) is 13.6. The van der Waals surface area contributed by atoms with E-state index in [-0.39, 0.29) is 11.8 Å². The Balaban J connectivity index is 1.65. The number of hydrogen-bond acceptors (Lipinski definition) is 2. The van der Waals surface area contributed by atoms with E-state index in [4.69, 9.17) is 11.6 Å². The maximum atomic E-state index is 12.0. The van der Waals surface area contributed by atoms with Crippen molar-refractivity contribution in [2.24, 2.45) is 0 Å². The lowest BCUT2D eigenvalue weighted by Crippen LogP contribution is -2.22. The molecular formula is C16H13ClN2O2. The number of carbonyl (C=O) groups is 2. The van der Waals surface area contributed by atoms with E-state index in [0.717, 1.165) is 16.8 Å². The lowest BCUT2D eigenvalue weighted by atomic mass is 10.1. The number of hydrogen-bond donors (Lipinski definition) is 2. The molecule has 0 aromatic heterocycles. The molecule has 0 spiro atoms. The largest absolute Gasteiger partial charge is 0.348 e. The lowest BCUT2D eigenvalue weighted by Gasteiger charge is -2.07. The number of fused-ring (bicyclic) bond motifs is 1. The Morgan fingerprint density at radius 2 is 1.95 bits per heavy atom. The minimum absolute atomic E-state index is 0.00681. The van der Waals surface area contributed by atoms with E-state index in [2.05, 4.69) is 10.6 Å². The van der Waals surface area contributed by atoms with Gasteiger partial charge in [-0.3, -0.25) is 9.59 Å². The highest BCUT2D eigenvalue weighted by molar-refractivity contribution is 6.30. The van der Waals surface area contributed by atoms with Crippen LogP contribution < -0.4 is 10.6 Å². The van der Waals surface area contributed by atoms with Crippen LogP contribution in [0.4, 0.5) is 5.69 Å². The monoisotopic (exact) mass is 300 g/mol. The average molecular weight is 301 g/mol. The zero-order chi connectivity index (χ0) is 14.8. The van der Waals surface area contributed by atoms with Crippen LogP contribution in [0.5, 0.6) is 0 Å². The van der Waals surface area contributed by atoms with Crippen LogP contribution in [0.25, 0.3) is 0 Å². The summed E-state index contributed by atoms with van der Waals surface area (Å²) in [5, 5.41) is 6.23. The summed E-state index contributed by atoms with van der Waals surface area (Å²) in [5.41, 5.74) is 3.36. The average Bonchev–Trinajstić information content (AvgIpc) is 2.84. The van der Waals surface area contributed by atoms with Crippen LogP contribution in [0, 0.1) is 0 Å². The van der Waals surface area contributed by atoms with Crippen LogP contribution in [0.3, 0.4) is 0 Å². The Morgan fingerprint density at radius 1 is 1.19 bits per heavy atom. The number of halogens is 1. The summed E-state index contributed by atoms with van der Waals surface area (Å²) in [5.74, 6) is -0.145. The van der Waals surface area contributed by atoms with Gasteiger partial charge in [-0.1, -0.05) is 23.7 Å². The van der Waals surface area contributed by atoms with Crippen molar-refractivity contribution in [2.75, 3.05) is 5.32 Å². The third-order valence-corrected chi connectivity index (χ3v) is 3.61. The van der Waals surface area contributed by atoms with Gasteiger partial charge in [0, 0.05) is 22.8 Å². The molecule has 5 heteroatoms. The van der Waals surface area contributed by atoms with Crippen molar-refractivity contribution in [3.05, 3.63) is 64.2 Å². The molecule has 0 saturated heterocycles. The van der Waals surface area contributed by atoms with Crippen molar-refractivity contribution >= 4 is 29.1 Å². The molecule has 4 nitrogen and oxygen atoms in total. The second kappa shape index (κ2) is 5.58. The highest BCUT2D eigenvalue weighted by Crippen LogP contribution is 2.23. The van der Waals surface area contributed by atoms with Crippen molar-refractivity contribution in [3.8, 4) is 0 Å². The van der Waals surface area contributed by atoms with Gasteiger partial charge in [-0.2, -0.15) is 0 Å². The van der Waals surface area contributed by atoms with Gasteiger partial charge < -0.3 is 10.6 Å². The Hall–Kier alpha value is -2.33. The fourth-order valence-electron chi connectivity index (χ4n) is 2.28. The summed E-state index contributed by atoms with van der Waals surface area (Å²) in [6.45, 7) is 0.420. The number of nitrogens with one attached hydrogen (secondary N) is 2. The van der Waals surface area contributed by atoms with E-state index in [1.807, 2.05) is 18.2 Å². The molecule has 1 heterocycles. The first-order valence-electron chi connectivity index (χ1n) is 6.57. The molecule has 2 amide bonds. The molecule has 2 aromatic rings. The van der Waals surface area contributed by atoms with Crippen molar-refractivity contribution < 1.29 is 9.59 Å². The SMILES string of the molecule is O=C1Cc2cc(CNC(=O)c3ccc(Cl)cc3)ccc2N1. The smallest absolute Gasteiger partial charge is 0.251 e. The molecule has 2 N–H and O–H groups in total. The fourth-order valence-corrected chi connectivity index (χ4v) is 2.40. The quantitative estimate of drug-likeness (QED) is 0.916. The molecule has 0 unspecified atom stereocenters. The molecule has 0 bridgehead atoms. The topological polar surface area (TPSA) is 58.2 Å². The van der Waals surface area contributed by atoms with Crippen LogP contribution in [-0.2, 0) is 17.8 Å². The molecule has 1 aliphatic rings. The molecular weight excluding hydrogens is 288 g/mol. The van der Waals surface area contributed by atoms with E-state index < -0.39 is 0 Å². The zero-order valence-electron chi connectivity index (χ0n) is 11.2. The van der Waals surface area contributed by atoms with E-state index >= 15 is 0 Å². The van der Waals surface area contributed by atoms with Crippen LogP contribution in [0.1, 0.15) is 21.5 Å². The predicted octanol–water partition coefficient (Wildman–Crippen LogP) is 2.76. The minimum atomic E-state index is -0.152. The molecule has 0 atom stereocenters. The fraction of sp³-hybridized carbons (Fsp3) is 0.125. The van der Waals surface area contributed by atoms with Crippen molar-refractivity contribution in [1.29, 1.82) is 0 Å². The van der Waals surface area contributed by atoms with Crippen LogP contribution in [-0.4, -0.2) is 11.8 Å². The Bertz CT molecular complexity index is 711. The van der Waals surface area contributed by atoms with Gasteiger partial charge >= 0.3 is 0 Å². The number of amides is 2. The maximum absolute atomic E-state index is 12.0. The molecule has 1 aliphatic heterocycles. The molecule has 21 heavy (non-hydrogen) atoms. The number of benzene rings is 2. The third-order valence-electron chi connectivity index (χ3n) is 3.35. The molecule has 0 aliphatic carbocycles. The van der Waals surface area contributed by atoms with E-state index in [1.165, 1.54) is 0 Å². The van der Waals surface area contributed by atoms with Crippen molar-refractivity contribution in [3.63, 3.8) is 0 Å². The Labute approximate surface area is 127 Å². The van der Waals surface area contributed by atoms with Crippen molar-refractivity contribution in [2.45, 2.75) is 13.0 Å².